The van der Waals surface area contributed by atoms with Crippen LogP contribution in [0.1, 0.15) is 12.8 Å². The molecule has 3 rings (SSSR count). The number of carbonyl (C=O) groups is 1. The van der Waals surface area contributed by atoms with Crippen molar-refractivity contribution in [1.82, 2.24) is 14.9 Å². The molecule has 2 aliphatic rings. The highest BCUT2D eigenvalue weighted by molar-refractivity contribution is 5.76. The highest BCUT2D eigenvalue weighted by Gasteiger charge is 2.52. The van der Waals surface area contributed by atoms with E-state index in [-0.39, 0.29) is 24.1 Å². The predicted octanol–water partition coefficient (Wildman–Crippen LogP) is -0.496. The van der Waals surface area contributed by atoms with E-state index in [1.165, 1.54) is 0 Å². The standard InChI is InChI=1S/C12H18N4O2/c13-10-8-2-6-18-12(8)11(10)15-9(17)1-4-16-5-3-14-7-16/h3,5,7-8,10-12H,1-2,4,6,13H2,(H,15,17). The molecule has 3 N–H and O–H groups in total. The maximum atomic E-state index is 11.8. The number of hydrogen-bond donors (Lipinski definition) is 2. The molecule has 6 nitrogen and oxygen atoms in total. The van der Waals surface area contributed by atoms with Gasteiger partial charge in [0.1, 0.15) is 0 Å². The van der Waals surface area contributed by atoms with Gasteiger partial charge in [-0.25, -0.2) is 4.98 Å². The van der Waals surface area contributed by atoms with Gasteiger partial charge >= 0.3 is 0 Å². The monoisotopic (exact) mass is 250 g/mol. The molecule has 18 heavy (non-hydrogen) atoms. The molecule has 0 spiro atoms. The minimum atomic E-state index is -0.00668. The first-order valence-corrected chi connectivity index (χ1v) is 6.38. The summed E-state index contributed by atoms with van der Waals surface area (Å²) in [7, 11) is 0. The Balaban J connectivity index is 1.46. The molecule has 1 aromatic heterocycles. The van der Waals surface area contributed by atoms with Crippen LogP contribution in [0.4, 0.5) is 0 Å². The summed E-state index contributed by atoms with van der Waals surface area (Å²) in [6.45, 7) is 1.41. The van der Waals surface area contributed by atoms with Crippen LogP contribution < -0.4 is 11.1 Å². The van der Waals surface area contributed by atoms with Gasteiger partial charge in [-0.3, -0.25) is 4.79 Å². The summed E-state index contributed by atoms with van der Waals surface area (Å²) in [5.74, 6) is 0.460. The first-order chi connectivity index (χ1) is 8.75. The fraction of sp³-hybridized carbons (Fsp3) is 0.667. The van der Waals surface area contributed by atoms with Crippen LogP contribution in [-0.2, 0) is 16.1 Å². The average Bonchev–Trinajstić information content (AvgIpc) is 3.02. The SMILES string of the molecule is NC1C2CCOC2C1NC(=O)CCn1ccnc1. The number of aromatic nitrogens is 2. The van der Waals surface area contributed by atoms with Crippen molar-refractivity contribution in [3.63, 3.8) is 0 Å². The molecule has 98 valence electrons. The largest absolute Gasteiger partial charge is 0.376 e. The third-order valence-corrected chi connectivity index (χ3v) is 3.93. The van der Waals surface area contributed by atoms with E-state index in [2.05, 4.69) is 10.3 Å². The number of hydrogen-bond acceptors (Lipinski definition) is 4. The van der Waals surface area contributed by atoms with E-state index in [9.17, 15) is 4.79 Å². The summed E-state index contributed by atoms with van der Waals surface area (Å²) in [6.07, 6.45) is 6.86. The molecule has 1 aliphatic heterocycles. The van der Waals surface area contributed by atoms with Gasteiger partial charge in [-0.2, -0.15) is 0 Å². The molecule has 2 fully saturated rings. The van der Waals surface area contributed by atoms with Crippen molar-refractivity contribution in [2.75, 3.05) is 6.61 Å². The van der Waals surface area contributed by atoms with Crippen molar-refractivity contribution in [3.8, 4) is 0 Å². The number of amides is 1. The second kappa shape index (κ2) is 4.70. The van der Waals surface area contributed by atoms with Crippen LogP contribution in [0, 0.1) is 5.92 Å². The highest BCUT2D eigenvalue weighted by atomic mass is 16.5. The number of imidazole rings is 1. The maximum Gasteiger partial charge on any atom is 0.222 e. The fourth-order valence-electron chi connectivity index (χ4n) is 2.84. The number of rotatable bonds is 4. The summed E-state index contributed by atoms with van der Waals surface area (Å²) < 4.78 is 7.46. The zero-order chi connectivity index (χ0) is 12.5. The highest BCUT2D eigenvalue weighted by Crippen LogP contribution is 2.37. The smallest absolute Gasteiger partial charge is 0.222 e. The van der Waals surface area contributed by atoms with Crippen LogP contribution in [0.2, 0.25) is 0 Å². The lowest BCUT2D eigenvalue weighted by molar-refractivity contribution is -0.125. The first-order valence-electron chi connectivity index (χ1n) is 6.38. The van der Waals surface area contributed by atoms with E-state index < -0.39 is 0 Å². The second-order valence-electron chi connectivity index (χ2n) is 5.01. The molecular formula is C12H18N4O2. The molecule has 2 heterocycles. The Bertz CT molecular complexity index is 420. The molecule has 1 saturated carbocycles. The maximum absolute atomic E-state index is 11.8. The van der Waals surface area contributed by atoms with Crippen molar-refractivity contribution in [2.45, 2.75) is 37.6 Å². The normalized spacial score (nSPS) is 33.8. The lowest BCUT2D eigenvalue weighted by atomic mass is 9.72. The minimum absolute atomic E-state index is 0.00668. The van der Waals surface area contributed by atoms with E-state index >= 15 is 0 Å². The Morgan fingerprint density at radius 3 is 3.28 bits per heavy atom. The molecule has 1 amide bonds. The molecule has 0 bridgehead atoms. The lowest BCUT2D eigenvalue weighted by Crippen LogP contribution is -2.69. The third-order valence-electron chi connectivity index (χ3n) is 3.93. The number of ether oxygens (including phenoxy) is 1. The lowest BCUT2D eigenvalue weighted by Gasteiger charge is -2.45. The van der Waals surface area contributed by atoms with Crippen LogP contribution in [0.5, 0.6) is 0 Å². The van der Waals surface area contributed by atoms with E-state index in [1.54, 1.807) is 12.5 Å². The minimum Gasteiger partial charge on any atom is -0.376 e. The molecule has 0 radical (unpaired) electrons. The van der Waals surface area contributed by atoms with Crippen molar-refractivity contribution < 1.29 is 9.53 Å². The fourth-order valence-corrected chi connectivity index (χ4v) is 2.84. The summed E-state index contributed by atoms with van der Waals surface area (Å²) >= 11 is 0. The van der Waals surface area contributed by atoms with Crippen LogP contribution in [0.25, 0.3) is 0 Å². The van der Waals surface area contributed by atoms with E-state index in [0.29, 0.717) is 18.9 Å². The Labute approximate surface area is 106 Å². The summed E-state index contributed by atoms with van der Waals surface area (Å²) in [4.78, 5) is 15.8. The Kier molecular flexibility index (Phi) is 3.05. The average molecular weight is 250 g/mol. The van der Waals surface area contributed by atoms with Gasteiger partial charge < -0.3 is 20.4 Å². The van der Waals surface area contributed by atoms with Gasteiger partial charge in [-0.1, -0.05) is 0 Å². The summed E-state index contributed by atoms with van der Waals surface area (Å²) in [5, 5.41) is 2.98. The van der Waals surface area contributed by atoms with Gasteiger partial charge in [0.2, 0.25) is 5.91 Å². The molecule has 6 heteroatoms. The Morgan fingerprint density at radius 1 is 1.61 bits per heavy atom. The van der Waals surface area contributed by atoms with Crippen molar-refractivity contribution in [1.29, 1.82) is 0 Å². The van der Waals surface area contributed by atoms with E-state index in [1.807, 2.05) is 10.8 Å². The molecule has 1 saturated heterocycles. The number of nitrogens with one attached hydrogen (secondary N) is 1. The van der Waals surface area contributed by atoms with Crippen LogP contribution in [-0.4, -0.2) is 40.3 Å². The second-order valence-corrected chi connectivity index (χ2v) is 5.01. The van der Waals surface area contributed by atoms with Gasteiger partial charge in [-0.15, -0.1) is 0 Å². The molecule has 1 aliphatic carbocycles. The van der Waals surface area contributed by atoms with E-state index in [0.717, 1.165) is 13.0 Å². The first kappa shape index (κ1) is 11.7. The topological polar surface area (TPSA) is 82.2 Å². The van der Waals surface area contributed by atoms with Crippen LogP contribution in [0.3, 0.4) is 0 Å². The van der Waals surface area contributed by atoms with Gasteiger partial charge in [0.05, 0.1) is 18.5 Å². The Hall–Kier alpha value is -1.40. The molecule has 4 atom stereocenters. The number of nitrogens with two attached hydrogens (primary N) is 1. The van der Waals surface area contributed by atoms with Crippen molar-refractivity contribution in [2.24, 2.45) is 11.7 Å². The van der Waals surface area contributed by atoms with Gasteiger partial charge in [0.25, 0.3) is 0 Å². The third kappa shape index (κ3) is 2.02. The van der Waals surface area contributed by atoms with Crippen LogP contribution in [0.15, 0.2) is 18.7 Å². The van der Waals surface area contributed by atoms with Gasteiger partial charge in [0.15, 0.2) is 0 Å². The number of nitrogens with zero attached hydrogens (tertiary/aromatic N) is 2. The molecule has 4 unspecified atom stereocenters. The molecular weight excluding hydrogens is 232 g/mol. The zero-order valence-corrected chi connectivity index (χ0v) is 10.2. The predicted molar refractivity (Wildman–Crippen MR) is 64.6 cm³/mol. The molecule has 0 aromatic carbocycles. The van der Waals surface area contributed by atoms with Crippen LogP contribution >= 0.6 is 0 Å². The summed E-state index contributed by atoms with van der Waals surface area (Å²) in [6, 6.07) is 0.0440. The number of aryl methyl sites for hydroxylation is 1. The zero-order valence-electron chi connectivity index (χ0n) is 10.2. The van der Waals surface area contributed by atoms with Crippen molar-refractivity contribution in [3.05, 3.63) is 18.7 Å². The Morgan fingerprint density at radius 2 is 2.50 bits per heavy atom. The molecule has 1 aromatic rings. The number of fused-ring (bicyclic) bond motifs is 1. The van der Waals surface area contributed by atoms with Gasteiger partial charge in [0, 0.05) is 43.9 Å². The van der Waals surface area contributed by atoms with E-state index in [4.69, 9.17) is 10.5 Å². The number of carbonyl (C=O) groups excluding carboxylic acids is 1. The van der Waals surface area contributed by atoms with Crippen molar-refractivity contribution >= 4 is 5.91 Å². The quantitative estimate of drug-likeness (QED) is 0.755. The van der Waals surface area contributed by atoms with Gasteiger partial charge in [-0.05, 0) is 6.42 Å². The summed E-state index contributed by atoms with van der Waals surface area (Å²) in [5.41, 5.74) is 6.04.